The molecule has 1 N–H and O–H groups in total. The number of para-hydroxylation sites is 1. The molecule has 0 unspecified atom stereocenters. The molecule has 1 saturated heterocycles. The molecule has 162 valence electrons. The molecule has 0 spiro atoms. The lowest BCUT2D eigenvalue weighted by atomic mass is 10.2. The lowest BCUT2D eigenvalue weighted by Gasteiger charge is -2.34. The van der Waals surface area contributed by atoms with Gasteiger partial charge in [-0.3, -0.25) is 9.69 Å². The molecule has 5 rings (SSSR count). The Labute approximate surface area is 184 Å². The van der Waals surface area contributed by atoms with Crippen molar-refractivity contribution in [3.8, 4) is 11.4 Å². The molecule has 2 aromatic carbocycles. The maximum Gasteiger partial charge on any atom is 0.238 e. The van der Waals surface area contributed by atoms with Gasteiger partial charge in [-0.2, -0.15) is 4.52 Å². The third kappa shape index (κ3) is 4.15. The van der Waals surface area contributed by atoms with E-state index < -0.39 is 5.82 Å². The van der Waals surface area contributed by atoms with E-state index in [1.165, 1.54) is 6.07 Å². The minimum absolute atomic E-state index is 0.205. The van der Waals surface area contributed by atoms with Gasteiger partial charge in [0, 0.05) is 31.7 Å². The minimum atomic E-state index is -0.434. The first-order valence-electron chi connectivity index (χ1n) is 10.5. The molecular weight excluding hydrogens is 409 g/mol. The number of rotatable bonds is 5. The Hall–Kier alpha value is -3.85. The fourth-order valence-electron chi connectivity index (χ4n) is 3.81. The van der Waals surface area contributed by atoms with Crippen molar-refractivity contribution in [1.29, 1.82) is 0 Å². The Morgan fingerprint density at radius 2 is 1.66 bits per heavy atom. The van der Waals surface area contributed by atoms with Crippen LogP contribution in [0.2, 0.25) is 0 Å². The van der Waals surface area contributed by atoms with Gasteiger partial charge in [0.1, 0.15) is 11.6 Å². The zero-order valence-corrected chi connectivity index (χ0v) is 17.4. The van der Waals surface area contributed by atoms with E-state index in [4.69, 9.17) is 5.10 Å². The van der Waals surface area contributed by atoms with E-state index in [2.05, 4.69) is 25.3 Å². The number of hydrogen-bond acceptors (Lipinski definition) is 6. The van der Waals surface area contributed by atoms with Crippen LogP contribution in [0.5, 0.6) is 0 Å². The second-order valence-electron chi connectivity index (χ2n) is 7.64. The summed E-state index contributed by atoms with van der Waals surface area (Å²) in [5.74, 6) is 0.881. The van der Waals surface area contributed by atoms with Crippen LogP contribution in [0.3, 0.4) is 0 Å². The average molecular weight is 431 g/mol. The Kier molecular flexibility index (Phi) is 5.47. The molecular formula is C23H22FN7O. The van der Waals surface area contributed by atoms with Crippen LogP contribution in [-0.2, 0) is 4.79 Å². The first-order chi connectivity index (χ1) is 15.7. The third-order valence-electron chi connectivity index (χ3n) is 5.49. The number of benzene rings is 2. The van der Waals surface area contributed by atoms with E-state index in [-0.39, 0.29) is 18.1 Å². The van der Waals surface area contributed by atoms with Gasteiger partial charge in [-0.1, -0.05) is 42.5 Å². The predicted octanol–water partition coefficient (Wildman–Crippen LogP) is 2.69. The van der Waals surface area contributed by atoms with Gasteiger partial charge in [0.15, 0.2) is 11.5 Å². The summed E-state index contributed by atoms with van der Waals surface area (Å²) in [6.45, 7) is 3.09. The topological polar surface area (TPSA) is 78.7 Å². The third-order valence-corrected chi connectivity index (χ3v) is 5.49. The van der Waals surface area contributed by atoms with Crippen LogP contribution in [0.25, 0.3) is 17.0 Å². The molecule has 1 fully saturated rings. The molecule has 0 saturated carbocycles. The van der Waals surface area contributed by atoms with Gasteiger partial charge in [0.25, 0.3) is 0 Å². The van der Waals surface area contributed by atoms with Crippen molar-refractivity contribution in [2.24, 2.45) is 0 Å². The monoisotopic (exact) mass is 431 g/mol. The number of hydrogen-bond donors (Lipinski definition) is 1. The molecule has 3 heterocycles. The second kappa shape index (κ2) is 8.72. The Bertz CT molecular complexity index is 1240. The number of aromatic nitrogens is 4. The molecule has 4 aromatic rings. The molecule has 0 bridgehead atoms. The van der Waals surface area contributed by atoms with E-state index in [1.807, 2.05) is 42.5 Å². The molecule has 1 amide bonds. The van der Waals surface area contributed by atoms with Crippen LogP contribution >= 0.6 is 0 Å². The quantitative estimate of drug-likeness (QED) is 0.524. The average Bonchev–Trinajstić information content (AvgIpc) is 3.25. The summed E-state index contributed by atoms with van der Waals surface area (Å²) in [5, 5.41) is 15.9. The fraction of sp³-hybridized carbons (Fsp3) is 0.217. The highest BCUT2D eigenvalue weighted by molar-refractivity contribution is 5.92. The Balaban J connectivity index is 1.23. The molecule has 0 aliphatic carbocycles. The number of nitrogens with zero attached hydrogens (tertiary/aromatic N) is 6. The van der Waals surface area contributed by atoms with Crippen LogP contribution < -0.4 is 10.2 Å². The largest absolute Gasteiger partial charge is 0.353 e. The van der Waals surface area contributed by atoms with Gasteiger partial charge in [0.2, 0.25) is 5.91 Å². The number of carbonyl (C=O) groups excluding carboxylic acids is 1. The molecule has 1 aliphatic heterocycles. The van der Waals surface area contributed by atoms with Gasteiger partial charge < -0.3 is 10.2 Å². The van der Waals surface area contributed by atoms with Crippen molar-refractivity contribution in [1.82, 2.24) is 24.7 Å². The zero-order valence-electron chi connectivity index (χ0n) is 17.4. The van der Waals surface area contributed by atoms with Gasteiger partial charge in [-0.05, 0) is 24.3 Å². The summed E-state index contributed by atoms with van der Waals surface area (Å²) in [6, 6.07) is 19.9. The molecule has 8 nitrogen and oxygen atoms in total. The van der Waals surface area contributed by atoms with E-state index in [1.54, 1.807) is 22.7 Å². The molecule has 2 aromatic heterocycles. The summed E-state index contributed by atoms with van der Waals surface area (Å²) in [4.78, 5) is 16.5. The Morgan fingerprint density at radius 1 is 0.906 bits per heavy atom. The van der Waals surface area contributed by atoms with Crippen molar-refractivity contribution in [3.05, 3.63) is 72.5 Å². The van der Waals surface area contributed by atoms with E-state index >= 15 is 0 Å². The van der Waals surface area contributed by atoms with Gasteiger partial charge in [-0.15, -0.1) is 15.3 Å². The fourth-order valence-corrected chi connectivity index (χ4v) is 3.81. The summed E-state index contributed by atoms with van der Waals surface area (Å²) < 4.78 is 15.5. The zero-order chi connectivity index (χ0) is 21.9. The van der Waals surface area contributed by atoms with Crippen molar-refractivity contribution < 1.29 is 9.18 Å². The molecule has 0 radical (unpaired) electrons. The highest BCUT2D eigenvalue weighted by Gasteiger charge is 2.21. The molecule has 0 atom stereocenters. The number of amides is 1. The normalized spacial score (nSPS) is 14.6. The first-order valence-corrected chi connectivity index (χ1v) is 10.5. The van der Waals surface area contributed by atoms with Crippen molar-refractivity contribution >= 4 is 23.1 Å². The predicted molar refractivity (Wildman–Crippen MR) is 120 cm³/mol. The van der Waals surface area contributed by atoms with Crippen LogP contribution in [0.15, 0.2) is 66.7 Å². The first kappa shape index (κ1) is 20.1. The summed E-state index contributed by atoms with van der Waals surface area (Å²) in [6.07, 6.45) is 0. The number of fused-ring (bicyclic) bond motifs is 1. The Morgan fingerprint density at radius 3 is 2.44 bits per heavy atom. The van der Waals surface area contributed by atoms with Crippen molar-refractivity contribution in [2.75, 3.05) is 42.9 Å². The number of halogens is 1. The summed E-state index contributed by atoms with van der Waals surface area (Å²) >= 11 is 0. The van der Waals surface area contributed by atoms with Gasteiger partial charge >= 0.3 is 0 Å². The number of carbonyl (C=O) groups is 1. The molecule has 9 heteroatoms. The number of nitrogens with one attached hydrogen (secondary N) is 1. The summed E-state index contributed by atoms with van der Waals surface area (Å²) in [5.41, 5.74) is 1.85. The van der Waals surface area contributed by atoms with Crippen molar-refractivity contribution in [2.45, 2.75) is 0 Å². The number of piperazine rings is 1. The lowest BCUT2D eigenvalue weighted by molar-refractivity contribution is -0.117. The van der Waals surface area contributed by atoms with Crippen LogP contribution in [0, 0.1) is 5.82 Å². The molecule has 32 heavy (non-hydrogen) atoms. The maximum atomic E-state index is 13.7. The van der Waals surface area contributed by atoms with E-state index in [0.717, 1.165) is 24.5 Å². The van der Waals surface area contributed by atoms with Crippen LogP contribution in [0.4, 0.5) is 15.9 Å². The van der Waals surface area contributed by atoms with Gasteiger partial charge in [0.05, 0.1) is 12.2 Å². The standard InChI is InChI=1S/C23H22FN7O/c24-18-8-4-5-9-19(18)25-22(32)16-29-12-14-30(15-13-29)21-11-10-20-26-27-23(31(20)28-21)17-6-2-1-3-7-17/h1-11H,12-16H2,(H,25,32). The SMILES string of the molecule is O=C(CN1CCN(c2ccc3nnc(-c4ccccc4)n3n2)CC1)Nc1ccccc1F. The van der Waals surface area contributed by atoms with Crippen molar-refractivity contribution in [3.63, 3.8) is 0 Å². The second-order valence-corrected chi connectivity index (χ2v) is 7.64. The smallest absolute Gasteiger partial charge is 0.238 e. The van der Waals surface area contributed by atoms with Crippen LogP contribution in [-0.4, -0.2) is 63.3 Å². The molecule has 1 aliphatic rings. The highest BCUT2D eigenvalue weighted by atomic mass is 19.1. The van der Waals surface area contributed by atoms with E-state index in [9.17, 15) is 9.18 Å². The van der Waals surface area contributed by atoms with Gasteiger partial charge in [-0.25, -0.2) is 4.39 Å². The lowest BCUT2D eigenvalue weighted by Crippen LogP contribution is -2.49. The van der Waals surface area contributed by atoms with E-state index in [0.29, 0.717) is 24.6 Å². The minimum Gasteiger partial charge on any atom is -0.353 e. The summed E-state index contributed by atoms with van der Waals surface area (Å²) in [7, 11) is 0. The van der Waals surface area contributed by atoms with Crippen LogP contribution in [0.1, 0.15) is 0 Å². The highest BCUT2D eigenvalue weighted by Crippen LogP contribution is 2.20. The maximum absolute atomic E-state index is 13.7. The number of anilines is 2.